The average Bonchev–Trinajstić information content (AvgIpc) is 3.28. The van der Waals surface area contributed by atoms with E-state index in [0.717, 1.165) is 0 Å². The maximum absolute atomic E-state index is 13.0. The molecule has 10 heteroatoms. The standard InChI is InChI=1S/C19H17F4NO5/c20-18(21)19(22,23)8-29-17(28)14-11-2-1-10(7-11)13(14)15(25)24-12-5-3-9(4-6-12)16(26)27/h1-6,10-11,13-14,18H,7-8H2,(H,24,25)(H,26,27)/p-1/t10-,11-,13+,14-/m0/s1. The van der Waals surface area contributed by atoms with Crippen molar-refractivity contribution in [1.29, 1.82) is 0 Å². The minimum Gasteiger partial charge on any atom is -0.545 e. The molecule has 6 nitrogen and oxygen atoms in total. The quantitative estimate of drug-likeness (QED) is 0.418. The largest absolute Gasteiger partial charge is 0.545 e. The fraction of sp³-hybridized carbons (Fsp3) is 0.421. The molecule has 0 aliphatic heterocycles. The number of alkyl halides is 4. The lowest BCUT2D eigenvalue weighted by atomic mass is 9.82. The Morgan fingerprint density at radius 2 is 1.69 bits per heavy atom. The third kappa shape index (κ3) is 4.25. The minimum atomic E-state index is -4.47. The number of fused-ring (bicyclic) bond motifs is 2. The van der Waals surface area contributed by atoms with Crippen LogP contribution in [0.2, 0.25) is 0 Å². The van der Waals surface area contributed by atoms with E-state index in [4.69, 9.17) is 0 Å². The van der Waals surface area contributed by atoms with Crippen LogP contribution in [0.5, 0.6) is 0 Å². The number of benzene rings is 1. The molecular weight excluding hydrogens is 398 g/mol. The molecule has 0 saturated heterocycles. The summed E-state index contributed by atoms with van der Waals surface area (Å²) in [5.41, 5.74) is 0.176. The fourth-order valence-electron chi connectivity index (χ4n) is 3.74. The van der Waals surface area contributed by atoms with E-state index >= 15 is 0 Å². The number of aromatic carboxylic acids is 1. The van der Waals surface area contributed by atoms with E-state index in [-0.39, 0.29) is 17.2 Å². The van der Waals surface area contributed by atoms with E-state index < -0.39 is 54.6 Å². The van der Waals surface area contributed by atoms with E-state index in [0.29, 0.717) is 6.42 Å². The minimum absolute atomic E-state index is 0.0905. The fourth-order valence-corrected chi connectivity index (χ4v) is 3.74. The number of allylic oxidation sites excluding steroid dienone is 2. The first kappa shape index (κ1) is 20.8. The first-order valence-electron chi connectivity index (χ1n) is 8.73. The van der Waals surface area contributed by atoms with E-state index in [1.54, 1.807) is 12.2 Å². The summed E-state index contributed by atoms with van der Waals surface area (Å²) in [6.45, 7) is -1.76. The molecule has 0 spiro atoms. The molecule has 1 N–H and O–H groups in total. The lowest BCUT2D eigenvalue weighted by molar-refractivity contribution is -0.255. The van der Waals surface area contributed by atoms with Crippen LogP contribution in [0.25, 0.3) is 0 Å². The van der Waals surface area contributed by atoms with Crippen LogP contribution in [-0.2, 0) is 14.3 Å². The number of carbonyl (C=O) groups is 3. The van der Waals surface area contributed by atoms with Gasteiger partial charge < -0.3 is 20.0 Å². The van der Waals surface area contributed by atoms with E-state index in [2.05, 4.69) is 10.1 Å². The van der Waals surface area contributed by atoms with Gasteiger partial charge in [-0.05, 0) is 36.0 Å². The number of rotatable bonds is 7. The van der Waals surface area contributed by atoms with Crippen molar-refractivity contribution in [3.63, 3.8) is 0 Å². The first-order chi connectivity index (χ1) is 13.6. The van der Waals surface area contributed by atoms with Crippen LogP contribution in [0.15, 0.2) is 36.4 Å². The van der Waals surface area contributed by atoms with Gasteiger partial charge in [0, 0.05) is 5.69 Å². The zero-order valence-corrected chi connectivity index (χ0v) is 14.8. The molecular formula is C19H16F4NO5-. The van der Waals surface area contributed by atoms with Crippen molar-refractivity contribution in [3.8, 4) is 0 Å². The van der Waals surface area contributed by atoms with Gasteiger partial charge in [0.05, 0.1) is 17.8 Å². The Balaban J connectivity index is 1.69. The van der Waals surface area contributed by atoms with Crippen molar-refractivity contribution < 1.29 is 41.8 Å². The van der Waals surface area contributed by atoms with Crippen LogP contribution in [-0.4, -0.2) is 36.8 Å². The maximum atomic E-state index is 13.0. The summed E-state index contributed by atoms with van der Waals surface area (Å²) in [6.07, 6.45) is -0.114. The summed E-state index contributed by atoms with van der Waals surface area (Å²) in [5.74, 6) is -10.3. The van der Waals surface area contributed by atoms with Crippen LogP contribution >= 0.6 is 0 Å². The van der Waals surface area contributed by atoms with Gasteiger partial charge in [-0.25, -0.2) is 8.78 Å². The Morgan fingerprint density at radius 3 is 2.24 bits per heavy atom. The van der Waals surface area contributed by atoms with Gasteiger partial charge in [0.25, 0.3) is 0 Å². The number of halogens is 4. The lowest BCUT2D eigenvalue weighted by Gasteiger charge is -2.26. The second-order valence-corrected chi connectivity index (χ2v) is 7.02. The molecule has 2 bridgehead atoms. The monoisotopic (exact) mass is 414 g/mol. The molecule has 3 rings (SSSR count). The van der Waals surface area contributed by atoms with E-state index in [1.807, 2.05) is 0 Å². The number of ether oxygens (including phenoxy) is 1. The molecule has 29 heavy (non-hydrogen) atoms. The highest BCUT2D eigenvalue weighted by Gasteiger charge is 2.53. The molecule has 0 heterocycles. The number of nitrogens with one attached hydrogen (secondary N) is 1. The van der Waals surface area contributed by atoms with Crippen molar-refractivity contribution in [2.45, 2.75) is 18.8 Å². The van der Waals surface area contributed by atoms with Crippen LogP contribution in [0.1, 0.15) is 16.8 Å². The summed E-state index contributed by atoms with van der Waals surface area (Å²) in [7, 11) is 0. The average molecular weight is 414 g/mol. The topological polar surface area (TPSA) is 95.5 Å². The van der Waals surface area contributed by atoms with E-state index in [9.17, 15) is 37.1 Å². The van der Waals surface area contributed by atoms with Crippen molar-refractivity contribution in [3.05, 3.63) is 42.0 Å². The Bertz CT molecular complexity index is 840. The summed E-state index contributed by atoms with van der Waals surface area (Å²) >= 11 is 0. The van der Waals surface area contributed by atoms with Gasteiger partial charge in [-0.15, -0.1) is 0 Å². The zero-order chi connectivity index (χ0) is 21.3. The predicted octanol–water partition coefficient (Wildman–Crippen LogP) is 1.87. The van der Waals surface area contributed by atoms with Gasteiger partial charge in [0.15, 0.2) is 6.61 Å². The van der Waals surface area contributed by atoms with Gasteiger partial charge in [0.2, 0.25) is 5.91 Å². The number of hydrogen-bond acceptors (Lipinski definition) is 5. The van der Waals surface area contributed by atoms with Crippen molar-refractivity contribution in [2.24, 2.45) is 23.7 Å². The predicted molar refractivity (Wildman–Crippen MR) is 89.0 cm³/mol. The second-order valence-electron chi connectivity index (χ2n) is 7.02. The molecule has 1 aromatic rings. The van der Waals surface area contributed by atoms with Gasteiger partial charge in [0.1, 0.15) is 0 Å². The number of hydrogen-bond donors (Lipinski definition) is 1. The molecule has 1 amide bonds. The summed E-state index contributed by atoms with van der Waals surface area (Å²) in [6, 6.07) is 5.12. The number of carboxylic acid groups (broad SMARTS) is 1. The SMILES string of the molecule is O=C([O-])c1ccc(NC(=O)[C@H]2[C@@H](C(=O)OCC(F)(F)C(F)F)[C@H]3C=C[C@H]2C3)cc1. The van der Waals surface area contributed by atoms with Crippen molar-refractivity contribution in [1.82, 2.24) is 0 Å². The molecule has 0 unspecified atom stereocenters. The highest BCUT2D eigenvalue weighted by Crippen LogP contribution is 2.49. The molecule has 2 aliphatic carbocycles. The highest BCUT2D eigenvalue weighted by molar-refractivity contribution is 5.97. The number of carbonyl (C=O) groups excluding carboxylic acids is 3. The Kier molecular flexibility index (Phi) is 5.63. The van der Waals surface area contributed by atoms with Gasteiger partial charge >= 0.3 is 18.3 Å². The Labute approximate surface area is 162 Å². The van der Waals surface area contributed by atoms with Crippen LogP contribution in [0.4, 0.5) is 23.2 Å². The Morgan fingerprint density at radius 1 is 1.10 bits per heavy atom. The third-order valence-electron chi connectivity index (χ3n) is 5.15. The van der Waals surface area contributed by atoms with Crippen LogP contribution in [0, 0.1) is 23.7 Å². The highest BCUT2D eigenvalue weighted by atomic mass is 19.3. The summed E-state index contributed by atoms with van der Waals surface area (Å²) in [5, 5.41) is 13.3. The second kappa shape index (κ2) is 7.84. The maximum Gasteiger partial charge on any atom is 0.340 e. The van der Waals surface area contributed by atoms with Crippen molar-refractivity contribution >= 4 is 23.5 Å². The molecule has 0 radical (unpaired) electrons. The molecule has 1 aromatic carbocycles. The number of anilines is 1. The van der Waals surface area contributed by atoms with Crippen LogP contribution < -0.4 is 10.4 Å². The summed E-state index contributed by atoms with van der Waals surface area (Å²) < 4.78 is 55.0. The summed E-state index contributed by atoms with van der Waals surface area (Å²) in [4.78, 5) is 35.8. The molecule has 2 aliphatic rings. The van der Waals surface area contributed by atoms with Gasteiger partial charge in [-0.2, -0.15) is 8.78 Å². The first-order valence-corrected chi connectivity index (χ1v) is 8.73. The molecule has 0 aromatic heterocycles. The Hall–Kier alpha value is -2.91. The van der Waals surface area contributed by atoms with Gasteiger partial charge in [-0.1, -0.05) is 24.3 Å². The van der Waals surface area contributed by atoms with Gasteiger partial charge in [-0.3, -0.25) is 9.59 Å². The smallest absolute Gasteiger partial charge is 0.340 e. The normalized spacial score (nSPS) is 25.3. The van der Waals surface area contributed by atoms with E-state index in [1.165, 1.54) is 24.3 Å². The van der Waals surface area contributed by atoms with Crippen LogP contribution in [0.3, 0.4) is 0 Å². The third-order valence-corrected chi connectivity index (χ3v) is 5.15. The molecule has 156 valence electrons. The molecule has 1 saturated carbocycles. The zero-order valence-electron chi connectivity index (χ0n) is 14.8. The number of esters is 1. The number of carboxylic acids is 1. The number of amides is 1. The van der Waals surface area contributed by atoms with Crippen molar-refractivity contribution in [2.75, 3.05) is 11.9 Å². The molecule has 4 atom stereocenters. The molecule has 1 fully saturated rings. The lowest BCUT2D eigenvalue weighted by Crippen LogP contribution is -2.40.